The van der Waals surface area contributed by atoms with Gasteiger partial charge in [0.05, 0.1) is 10.6 Å². The first-order valence-corrected chi connectivity index (χ1v) is 8.68. The van der Waals surface area contributed by atoms with E-state index in [2.05, 4.69) is 21.4 Å². The number of hydrogen-bond acceptors (Lipinski definition) is 6. The fraction of sp³-hybridized carbons (Fsp3) is 0.222. The highest BCUT2D eigenvalue weighted by Gasteiger charge is 2.31. The summed E-state index contributed by atoms with van der Waals surface area (Å²) < 4.78 is 0. The van der Waals surface area contributed by atoms with Crippen molar-refractivity contribution in [3.05, 3.63) is 74.8 Å². The molecule has 1 heterocycles. The molecule has 0 radical (unpaired) electrons. The second-order valence-corrected chi connectivity index (χ2v) is 6.54. The maximum absolute atomic E-state index is 12.3. The quantitative estimate of drug-likeness (QED) is 0.415. The summed E-state index contributed by atoms with van der Waals surface area (Å²) in [6.45, 7) is 1.72. The molecule has 2 aromatic carbocycles. The molecule has 140 valence electrons. The van der Waals surface area contributed by atoms with Crippen molar-refractivity contribution >= 4 is 28.9 Å². The van der Waals surface area contributed by atoms with E-state index in [9.17, 15) is 14.9 Å². The lowest BCUT2D eigenvalue weighted by Gasteiger charge is -2.11. The Morgan fingerprint density at radius 3 is 2.59 bits per heavy atom. The standard InChI is InChI=1S/C18H18ClN5O3/c1-11(12-6-8-13(9-7-12)24(26)27)20-23-18(25)17-10-16(21-22-17)14-4-2-3-5-15(14)19/h2-9,16-17,21-22H,10H2,1H3,(H,23,25)/b20-11+. The molecule has 1 saturated heterocycles. The first-order chi connectivity index (χ1) is 13.0. The maximum atomic E-state index is 12.3. The molecule has 2 atom stereocenters. The zero-order valence-electron chi connectivity index (χ0n) is 14.5. The maximum Gasteiger partial charge on any atom is 0.269 e. The molecular weight excluding hydrogens is 370 g/mol. The third-order valence-corrected chi connectivity index (χ3v) is 4.67. The molecular formula is C18H18ClN5O3. The molecule has 8 nitrogen and oxygen atoms in total. The van der Waals surface area contributed by atoms with Gasteiger partial charge in [-0.1, -0.05) is 29.8 Å². The summed E-state index contributed by atoms with van der Waals surface area (Å²) in [4.78, 5) is 22.6. The van der Waals surface area contributed by atoms with E-state index in [-0.39, 0.29) is 17.6 Å². The number of hydrogen-bond donors (Lipinski definition) is 3. The minimum atomic E-state index is -0.466. The normalized spacial score (nSPS) is 19.7. The number of hydrazone groups is 1. The third kappa shape index (κ3) is 4.48. The number of rotatable bonds is 5. The molecule has 2 aromatic rings. The Labute approximate surface area is 160 Å². The summed E-state index contributed by atoms with van der Waals surface area (Å²) >= 11 is 6.20. The molecule has 1 amide bonds. The van der Waals surface area contributed by atoms with Crippen LogP contribution in [-0.2, 0) is 4.79 Å². The van der Waals surface area contributed by atoms with Crippen LogP contribution in [0.5, 0.6) is 0 Å². The molecule has 1 aliphatic rings. The minimum absolute atomic E-state index is 0.00225. The lowest BCUT2D eigenvalue weighted by Crippen LogP contribution is -2.41. The molecule has 9 heteroatoms. The number of benzene rings is 2. The lowest BCUT2D eigenvalue weighted by atomic mass is 10.0. The van der Waals surface area contributed by atoms with Crippen LogP contribution in [0.1, 0.15) is 30.5 Å². The summed E-state index contributed by atoms with van der Waals surface area (Å²) in [6.07, 6.45) is 0.529. The highest BCUT2D eigenvalue weighted by atomic mass is 35.5. The van der Waals surface area contributed by atoms with Gasteiger partial charge in [0, 0.05) is 23.2 Å². The first kappa shape index (κ1) is 19.0. The van der Waals surface area contributed by atoms with Crippen molar-refractivity contribution in [3.8, 4) is 0 Å². The molecule has 0 aliphatic carbocycles. The molecule has 0 aromatic heterocycles. The van der Waals surface area contributed by atoms with E-state index in [4.69, 9.17) is 11.6 Å². The van der Waals surface area contributed by atoms with Gasteiger partial charge in [0.2, 0.25) is 0 Å². The molecule has 3 N–H and O–H groups in total. The van der Waals surface area contributed by atoms with Crippen LogP contribution in [0, 0.1) is 10.1 Å². The van der Waals surface area contributed by atoms with Gasteiger partial charge in [0.1, 0.15) is 6.04 Å². The molecule has 1 aliphatic heterocycles. The Bertz CT molecular complexity index is 885. The molecule has 0 bridgehead atoms. The third-order valence-electron chi connectivity index (χ3n) is 4.33. The first-order valence-electron chi connectivity index (χ1n) is 8.30. The van der Waals surface area contributed by atoms with Gasteiger partial charge < -0.3 is 0 Å². The van der Waals surface area contributed by atoms with Crippen molar-refractivity contribution < 1.29 is 9.72 Å². The van der Waals surface area contributed by atoms with Crippen LogP contribution in [0.2, 0.25) is 5.02 Å². The summed E-state index contributed by atoms with van der Waals surface area (Å²) in [5.41, 5.74) is 10.7. The fourth-order valence-corrected chi connectivity index (χ4v) is 3.06. The number of nitrogens with one attached hydrogen (secondary N) is 3. The van der Waals surface area contributed by atoms with E-state index in [0.29, 0.717) is 22.7 Å². The number of nitro benzene ring substituents is 1. The lowest BCUT2D eigenvalue weighted by molar-refractivity contribution is -0.384. The molecule has 2 unspecified atom stereocenters. The van der Waals surface area contributed by atoms with Crippen molar-refractivity contribution in [3.63, 3.8) is 0 Å². The zero-order valence-corrected chi connectivity index (χ0v) is 15.2. The molecule has 1 fully saturated rings. The average Bonchev–Trinajstić information content (AvgIpc) is 3.16. The second-order valence-electron chi connectivity index (χ2n) is 6.13. The van der Waals surface area contributed by atoms with Gasteiger partial charge >= 0.3 is 0 Å². The number of carbonyl (C=O) groups is 1. The van der Waals surface area contributed by atoms with Crippen LogP contribution in [0.15, 0.2) is 53.6 Å². The van der Waals surface area contributed by atoms with Crippen LogP contribution in [0.4, 0.5) is 5.69 Å². The second kappa shape index (κ2) is 8.26. The minimum Gasteiger partial charge on any atom is -0.271 e. The summed E-state index contributed by atoms with van der Waals surface area (Å²) in [5.74, 6) is -0.279. The van der Waals surface area contributed by atoms with Crippen molar-refractivity contribution in [1.29, 1.82) is 0 Å². The smallest absolute Gasteiger partial charge is 0.269 e. The Kier molecular flexibility index (Phi) is 5.80. The molecule has 0 spiro atoms. The highest BCUT2D eigenvalue weighted by molar-refractivity contribution is 6.31. The number of hydrazine groups is 1. The number of nitro groups is 1. The van der Waals surface area contributed by atoms with Crippen molar-refractivity contribution in [2.45, 2.75) is 25.4 Å². The Hall–Kier alpha value is -2.81. The van der Waals surface area contributed by atoms with E-state index < -0.39 is 11.0 Å². The number of nitrogens with zero attached hydrogens (tertiary/aromatic N) is 2. The van der Waals surface area contributed by atoms with E-state index in [1.807, 2.05) is 24.3 Å². The van der Waals surface area contributed by atoms with Gasteiger partial charge in [0.15, 0.2) is 0 Å². The molecule has 3 rings (SSSR count). The van der Waals surface area contributed by atoms with Crippen LogP contribution >= 0.6 is 11.6 Å². The van der Waals surface area contributed by atoms with Gasteiger partial charge in [-0.3, -0.25) is 14.9 Å². The number of carbonyl (C=O) groups excluding carboxylic acids is 1. The van der Waals surface area contributed by atoms with Crippen LogP contribution in [-0.4, -0.2) is 22.6 Å². The number of amides is 1. The topological polar surface area (TPSA) is 109 Å². The van der Waals surface area contributed by atoms with Crippen LogP contribution in [0.3, 0.4) is 0 Å². The van der Waals surface area contributed by atoms with Crippen LogP contribution < -0.4 is 16.3 Å². The van der Waals surface area contributed by atoms with E-state index >= 15 is 0 Å². The predicted molar refractivity (Wildman–Crippen MR) is 102 cm³/mol. The Morgan fingerprint density at radius 2 is 1.93 bits per heavy atom. The Balaban J connectivity index is 1.60. The van der Waals surface area contributed by atoms with E-state index in [1.54, 1.807) is 19.1 Å². The summed E-state index contributed by atoms with van der Waals surface area (Å²) in [5, 5.41) is 15.4. The fourth-order valence-electron chi connectivity index (χ4n) is 2.80. The van der Waals surface area contributed by atoms with Crippen molar-refractivity contribution in [2.75, 3.05) is 0 Å². The average molecular weight is 388 g/mol. The predicted octanol–water partition coefficient (Wildman–Crippen LogP) is 2.70. The number of non-ortho nitro benzene ring substituents is 1. The van der Waals surface area contributed by atoms with Crippen molar-refractivity contribution in [1.82, 2.24) is 16.3 Å². The summed E-state index contributed by atoms with van der Waals surface area (Å²) in [7, 11) is 0. The zero-order chi connectivity index (χ0) is 19.4. The van der Waals surface area contributed by atoms with Crippen molar-refractivity contribution in [2.24, 2.45) is 5.10 Å². The number of halogens is 1. The van der Waals surface area contributed by atoms with Gasteiger partial charge in [-0.25, -0.2) is 16.3 Å². The molecule has 27 heavy (non-hydrogen) atoms. The monoisotopic (exact) mass is 387 g/mol. The van der Waals surface area contributed by atoms with Gasteiger partial charge in [-0.2, -0.15) is 5.10 Å². The van der Waals surface area contributed by atoms with E-state index in [1.165, 1.54) is 12.1 Å². The van der Waals surface area contributed by atoms with Gasteiger partial charge in [-0.05, 0) is 42.7 Å². The van der Waals surface area contributed by atoms with E-state index in [0.717, 1.165) is 5.56 Å². The van der Waals surface area contributed by atoms with Gasteiger partial charge in [0.25, 0.3) is 11.6 Å². The SMILES string of the molecule is C/C(=N\NC(=O)C1CC(c2ccccc2Cl)NN1)c1ccc([N+](=O)[O-])cc1. The molecule has 0 saturated carbocycles. The highest BCUT2D eigenvalue weighted by Crippen LogP contribution is 2.28. The Morgan fingerprint density at radius 1 is 1.22 bits per heavy atom. The van der Waals surface area contributed by atoms with Crippen LogP contribution in [0.25, 0.3) is 0 Å². The summed E-state index contributed by atoms with van der Waals surface area (Å²) in [6, 6.07) is 12.9. The van der Waals surface area contributed by atoms with Gasteiger partial charge in [-0.15, -0.1) is 0 Å². The largest absolute Gasteiger partial charge is 0.271 e.